The number of benzene rings is 1. The van der Waals surface area contributed by atoms with E-state index in [4.69, 9.17) is 14.0 Å². The normalized spacial score (nSPS) is 12.7. The van der Waals surface area contributed by atoms with Crippen molar-refractivity contribution < 1.29 is 14.0 Å². The molecule has 8 nitrogen and oxygen atoms in total. The molecule has 0 radical (unpaired) electrons. The molecule has 0 saturated carbocycles. The van der Waals surface area contributed by atoms with Crippen LogP contribution in [-0.4, -0.2) is 43.4 Å². The Morgan fingerprint density at radius 1 is 1.33 bits per heavy atom. The van der Waals surface area contributed by atoms with Gasteiger partial charge in [-0.1, -0.05) is 17.3 Å². The first-order valence-electron chi connectivity index (χ1n) is 9.09. The zero-order valence-electron chi connectivity index (χ0n) is 16.7. The number of nitrogens with zero attached hydrogens (tertiary/aromatic N) is 3. The minimum absolute atomic E-state index is 0.184. The van der Waals surface area contributed by atoms with Gasteiger partial charge in [-0.2, -0.15) is 4.98 Å². The van der Waals surface area contributed by atoms with E-state index < -0.39 is 0 Å². The highest BCUT2D eigenvalue weighted by Crippen LogP contribution is 2.19. The van der Waals surface area contributed by atoms with E-state index in [-0.39, 0.29) is 6.10 Å². The molecular formula is C19H29N5O3. The monoisotopic (exact) mass is 375 g/mol. The van der Waals surface area contributed by atoms with Crippen LogP contribution in [0.3, 0.4) is 0 Å². The Balaban J connectivity index is 1.79. The summed E-state index contributed by atoms with van der Waals surface area (Å²) in [6.45, 7) is 7.59. The van der Waals surface area contributed by atoms with Gasteiger partial charge in [0.1, 0.15) is 11.9 Å². The molecule has 1 heterocycles. The highest BCUT2D eigenvalue weighted by atomic mass is 16.5. The molecule has 0 spiro atoms. The second-order valence-electron chi connectivity index (χ2n) is 6.05. The van der Waals surface area contributed by atoms with Crippen molar-refractivity contribution >= 4 is 5.96 Å². The maximum absolute atomic E-state index is 5.46. The van der Waals surface area contributed by atoms with Crippen molar-refractivity contribution in [2.75, 3.05) is 27.3 Å². The van der Waals surface area contributed by atoms with Crippen LogP contribution in [-0.2, 0) is 17.7 Å². The van der Waals surface area contributed by atoms with Gasteiger partial charge in [-0.3, -0.25) is 4.99 Å². The van der Waals surface area contributed by atoms with Crippen molar-refractivity contribution in [3.63, 3.8) is 0 Å². The molecule has 0 aliphatic rings. The summed E-state index contributed by atoms with van der Waals surface area (Å²) in [4.78, 5) is 8.54. The maximum atomic E-state index is 5.46. The molecule has 0 amide bonds. The third-order valence-electron chi connectivity index (χ3n) is 4.07. The predicted molar refractivity (Wildman–Crippen MR) is 104 cm³/mol. The molecule has 0 aliphatic heterocycles. The largest absolute Gasteiger partial charge is 0.496 e. The number of hydrogen-bond donors (Lipinski definition) is 2. The number of methoxy groups -OCH3 is 1. The van der Waals surface area contributed by atoms with Crippen LogP contribution in [0.5, 0.6) is 5.75 Å². The molecule has 1 aromatic carbocycles. The lowest BCUT2D eigenvalue weighted by Crippen LogP contribution is -2.37. The molecular weight excluding hydrogens is 346 g/mol. The number of hydrogen-bond acceptors (Lipinski definition) is 6. The van der Waals surface area contributed by atoms with Crippen molar-refractivity contribution in [1.29, 1.82) is 0 Å². The molecule has 8 heteroatoms. The lowest BCUT2D eigenvalue weighted by Gasteiger charge is -2.11. The van der Waals surface area contributed by atoms with Crippen LogP contribution in [0.1, 0.15) is 42.8 Å². The van der Waals surface area contributed by atoms with Crippen molar-refractivity contribution in [3.8, 4) is 5.75 Å². The summed E-state index contributed by atoms with van der Waals surface area (Å²) in [5, 5.41) is 10.4. The fourth-order valence-corrected chi connectivity index (χ4v) is 2.55. The molecule has 148 valence electrons. The predicted octanol–water partition coefficient (Wildman–Crippen LogP) is 2.39. The summed E-state index contributed by atoms with van der Waals surface area (Å²) in [6, 6.07) is 6.24. The van der Waals surface area contributed by atoms with E-state index in [1.807, 2.05) is 20.8 Å². The van der Waals surface area contributed by atoms with Crippen LogP contribution in [0.2, 0.25) is 0 Å². The van der Waals surface area contributed by atoms with E-state index in [0.717, 1.165) is 24.3 Å². The number of rotatable bonds is 9. The van der Waals surface area contributed by atoms with Gasteiger partial charge in [-0.05, 0) is 44.4 Å². The second-order valence-corrected chi connectivity index (χ2v) is 6.05. The molecule has 2 rings (SSSR count). The quantitative estimate of drug-likeness (QED) is 0.513. The number of guanidine groups is 1. The zero-order chi connectivity index (χ0) is 19.6. The summed E-state index contributed by atoms with van der Waals surface area (Å²) in [7, 11) is 3.41. The Kier molecular flexibility index (Phi) is 8.06. The summed E-state index contributed by atoms with van der Waals surface area (Å²) >= 11 is 0. The molecule has 1 atom stereocenters. The van der Waals surface area contributed by atoms with Crippen LogP contribution in [0.15, 0.2) is 27.7 Å². The SMILES string of the molecule is CCOC(C)c1noc(CNC(=NC)NCCc2ccc(C)c(OC)c2)n1. The molecule has 27 heavy (non-hydrogen) atoms. The zero-order valence-corrected chi connectivity index (χ0v) is 16.7. The summed E-state index contributed by atoms with van der Waals surface area (Å²) in [6.07, 6.45) is 0.671. The summed E-state index contributed by atoms with van der Waals surface area (Å²) in [5.41, 5.74) is 2.33. The standard InChI is InChI=1S/C19H29N5O3/c1-6-26-14(3)18-23-17(27-24-18)12-22-19(20-4)21-10-9-15-8-7-13(2)16(11-15)25-5/h7-8,11,14H,6,9-10,12H2,1-5H3,(H2,20,21,22). The third kappa shape index (κ3) is 6.25. The van der Waals surface area contributed by atoms with E-state index in [0.29, 0.717) is 30.8 Å². The Bertz CT molecular complexity index is 745. The van der Waals surface area contributed by atoms with Crippen molar-refractivity contribution in [2.45, 2.75) is 39.8 Å². The Labute approximate surface area is 160 Å². The van der Waals surface area contributed by atoms with Crippen molar-refractivity contribution in [3.05, 3.63) is 41.0 Å². The first-order chi connectivity index (χ1) is 13.1. The maximum Gasteiger partial charge on any atom is 0.246 e. The fraction of sp³-hybridized carbons (Fsp3) is 0.526. The molecule has 0 saturated heterocycles. The van der Waals surface area contributed by atoms with Crippen LogP contribution in [0, 0.1) is 6.92 Å². The molecule has 2 N–H and O–H groups in total. The molecule has 1 unspecified atom stereocenters. The Morgan fingerprint density at radius 2 is 2.15 bits per heavy atom. The van der Waals surface area contributed by atoms with Crippen LogP contribution < -0.4 is 15.4 Å². The van der Waals surface area contributed by atoms with Gasteiger partial charge >= 0.3 is 0 Å². The van der Waals surface area contributed by atoms with Gasteiger partial charge in [-0.15, -0.1) is 0 Å². The minimum Gasteiger partial charge on any atom is -0.496 e. The number of ether oxygens (including phenoxy) is 2. The van der Waals surface area contributed by atoms with E-state index in [1.165, 1.54) is 5.56 Å². The number of aryl methyl sites for hydroxylation is 1. The third-order valence-corrected chi connectivity index (χ3v) is 4.07. The van der Waals surface area contributed by atoms with E-state index in [9.17, 15) is 0 Å². The van der Waals surface area contributed by atoms with Gasteiger partial charge in [0, 0.05) is 20.2 Å². The molecule has 1 aromatic heterocycles. The average molecular weight is 375 g/mol. The Hall–Kier alpha value is -2.61. The van der Waals surface area contributed by atoms with Gasteiger partial charge in [0.2, 0.25) is 5.89 Å². The number of aromatic nitrogens is 2. The fourth-order valence-electron chi connectivity index (χ4n) is 2.55. The van der Waals surface area contributed by atoms with Gasteiger partial charge in [0.25, 0.3) is 0 Å². The molecule has 0 bridgehead atoms. The summed E-state index contributed by atoms with van der Waals surface area (Å²) < 4.78 is 16.1. The lowest BCUT2D eigenvalue weighted by atomic mass is 10.1. The molecule has 2 aromatic rings. The number of nitrogens with one attached hydrogen (secondary N) is 2. The summed E-state index contributed by atoms with van der Waals surface area (Å²) in [5.74, 6) is 2.61. The van der Waals surface area contributed by atoms with E-state index in [1.54, 1.807) is 14.2 Å². The Morgan fingerprint density at radius 3 is 2.85 bits per heavy atom. The van der Waals surface area contributed by atoms with Gasteiger partial charge in [0.15, 0.2) is 11.8 Å². The molecule has 0 fully saturated rings. The van der Waals surface area contributed by atoms with Crippen LogP contribution in [0.25, 0.3) is 0 Å². The highest BCUT2D eigenvalue weighted by Gasteiger charge is 2.13. The number of aliphatic imine (C=N–C) groups is 1. The van der Waals surface area contributed by atoms with Crippen molar-refractivity contribution in [1.82, 2.24) is 20.8 Å². The van der Waals surface area contributed by atoms with Gasteiger partial charge in [0.05, 0.1) is 13.7 Å². The first kappa shape index (κ1) is 20.7. The van der Waals surface area contributed by atoms with Gasteiger partial charge in [-0.25, -0.2) is 0 Å². The van der Waals surface area contributed by atoms with Crippen LogP contribution in [0.4, 0.5) is 0 Å². The van der Waals surface area contributed by atoms with Gasteiger partial charge < -0.3 is 24.6 Å². The second kappa shape index (κ2) is 10.5. The minimum atomic E-state index is -0.184. The molecule has 0 aliphatic carbocycles. The van der Waals surface area contributed by atoms with Crippen molar-refractivity contribution in [2.24, 2.45) is 4.99 Å². The topological polar surface area (TPSA) is 93.8 Å². The first-order valence-corrected chi connectivity index (χ1v) is 9.09. The van der Waals surface area contributed by atoms with E-state index >= 15 is 0 Å². The van der Waals surface area contributed by atoms with E-state index in [2.05, 4.69) is 44.0 Å². The lowest BCUT2D eigenvalue weighted by molar-refractivity contribution is 0.0683. The smallest absolute Gasteiger partial charge is 0.246 e. The highest BCUT2D eigenvalue weighted by molar-refractivity contribution is 5.79. The van der Waals surface area contributed by atoms with Crippen LogP contribution >= 0.6 is 0 Å². The average Bonchev–Trinajstić information content (AvgIpc) is 3.15.